The number of amides is 1. The smallest absolute Gasteiger partial charge is 0.385 e. The number of halogens is 3. The topological polar surface area (TPSA) is 90.7 Å². The van der Waals surface area contributed by atoms with E-state index in [0.29, 0.717) is 5.56 Å². The standard InChI is InChI=1S/C14H16F3N3O2/c1-12(9-5-3-4-8(6-9)10(18)21)7-22-13(2,11(19)20-12)14(15,16)17/h3-6H,7H2,1-2H3,(H2,18,21)(H2,19,20). The zero-order valence-corrected chi connectivity index (χ0v) is 12.1. The molecule has 1 heterocycles. The molecular weight excluding hydrogens is 299 g/mol. The third kappa shape index (κ3) is 2.54. The van der Waals surface area contributed by atoms with E-state index in [-0.39, 0.29) is 12.2 Å². The Morgan fingerprint density at radius 2 is 2.00 bits per heavy atom. The summed E-state index contributed by atoms with van der Waals surface area (Å²) >= 11 is 0. The van der Waals surface area contributed by atoms with Crippen LogP contribution in [0, 0.1) is 0 Å². The van der Waals surface area contributed by atoms with Gasteiger partial charge in [-0.3, -0.25) is 9.79 Å². The molecule has 0 aliphatic carbocycles. The molecule has 0 spiro atoms. The van der Waals surface area contributed by atoms with Crippen LogP contribution in [0.4, 0.5) is 13.2 Å². The first-order valence-corrected chi connectivity index (χ1v) is 6.46. The molecule has 1 aromatic carbocycles. The lowest BCUT2D eigenvalue weighted by Crippen LogP contribution is -2.60. The van der Waals surface area contributed by atoms with Gasteiger partial charge in [-0.2, -0.15) is 13.2 Å². The number of alkyl halides is 3. The number of hydrogen-bond donors (Lipinski definition) is 2. The third-order valence-electron chi connectivity index (χ3n) is 3.81. The first kappa shape index (κ1) is 16.3. The molecule has 2 atom stereocenters. The molecule has 0 bridgehead atoms. The fourth-order valence-electron chi connectivity index (χ4n) is 2.15. The number of rotatable bonds is 2. The number of amidine groups is 1. The van der Waals surface area contributed by atoms with Crippen molar-refractivity contribution in [3.8, 4) is 0 Å². The number of ether oxygens (including phenoxy) is 1. The van der Waals surface area contributed by atoms with Crippen molar-refractivity contribution in [2.24, 2.45) is 16.5 Å². The third-order valence-corrected chi connectivity index (χ3v) is 3.81. The van der Waals surface area contributed by atoms with Gasteiger partial charge in [0.15, 0.2) is 0 Å². The molecule has 1 aliphatic heterocycles. The van der Waals surface area contributed by atoms with E-state index in [0.717, 1.165) is 6.92 Å². The van der Waals surface area contributed by atoms with E-state index in [1.807, 2.05) is 0 Å². The Bertz CT molecular complexity index is 644. The van der Waals surface area contributed by atoms with Crippen molar-refractivity contribution in [1.29, 1.82) is 0 Å². The molecule has 22 heavy (non-hydrogen) atoms. The quantitative estimate of drug-likeness (QED) is 0.870. The van der Waals surface area contributed by atoms with Gasteiger partial charge in [0.1, 0.15) is 11.4 Å². The summed E-state index contributed by atoms with van der Waals surface area (Å²) in [5.74, 6) is -1.29. The summed E-state index contributed by atoms with van der Waals surface area (Å²) in [5, 5.41) is 0. The van der Waals surface area contributed by atoms with Crippen LogP contribution < -0.4 is 11.5 Å². The van der Waals surface area contributed by atoms with Crippen molar-refractivity contribution >= 4 is 11.7 Å². The average molecular weight is 315 g/mol. The average Bonchev–Trinajstić information content (AvgIpc) is 2.42. The van der Waals surface area contributed by atoms with Gasteiger partial charge >= 0.3 is 6.18 Å². The lowest BCUT2D eigenvalue weighted by molar-refractivity contribution is -0.249. The van der Waals surface area contributed by atoms with Crippen molar-refractivity contribution in [3.05, 3.63) is 35.4 Å². The largest absolute Gasteiger partial charge is 0.424 e. The molecule has 0 radical (unpaired) electrons. The van der Waals surface area contributed by atoms with E-state index in [2.05, 4.69) is 4.99 Å². The lowest BCUT2D eigenvalue weighted by Gasteiger charge is -2.41. The minimum atomic E-state index is -4.67. The maximum absolute atomic E-state index is 13.1. The maximum Gasteiger partial charge on any atom is 0.424 e. The number of carbonyl (C=O) groups excluding carboxylic acids is 1. The zero-order valence-electron chi connectivity index (χ0n) is 12.1. The molecule has 5 nitrogen and oxygen atoms in total. The second-order valence-electron chi connectivity index (χ2n) is 5.54. The van der Waals surface area contributed by atoms with E-state index >= 15 is 0 Å². The molecule has 1 amide bonds. The van der Waals surface area contributed by atoms with Crippen LogP contribution in [-0.2, 0) is 10.3 Å². The van der Waals surface area contributed by atoms with Gasteiger partial charge in [0, 0.05) is 5.56 Å². The summed E-state index contributed by atoms with van der Waals surface area (Å²) < 4.78 is 44.2. The number of carbonyl (C=O) groups is 1. The molecule has 120 valence electrons. The van der Waals surface area contributed by atoms with Crippen LogP contribution in [-0.4, -0.2) is 30.1 Å². The Hall–Kier alpha value is -2.09. The molecule has 0 fully saturated rings. The number of aliphatic imine (C=N–C) groups is 1. The van der Waals surface area contributed by atoms with Gasteiger partial charge in [-0.15, -0.1) is 0 Å². The summed E-state index contributed by atoms with van der Waals surface area (Å²) in [5.41, 5.74) is 7.71. The van der Waals surface area contributed by atoms with Crippen molar-refractivity contribution in [1.82, 2.24) is 0 Å². The summed E-state index contributed by atoms with van der Waals surface area (Å²) in [6.07, 6.45) is -4.67. The normalized spacial score (nSPS) is 29.0. The Morgan fingerprint density at radius 1 is 1.36 bits per heavy atom. The molecule has 1 aliphatic rings. The highest BCUT2D eigenvalue weighted by atomic mass is 19.4. The fraction of sp³-hybridized carbons (Fsp3) is 0.429. The van der Waals surface area contributed by atoms with Crippen LogP contribution in [0.1, 0.15) is 29.8 Å². The van der Waals surface area contributed by atoms with Crippen LogP contribution in [0.2, 0.25) is 0 Å². The monoisotopic (exact) mass is 315 g/mol. The molecule has 2 rings (SSSR count). The summed E-state index contributed by atoms with van der Waals surface area (Å²) in [6.45, 7) is 2.09. The van der Waals surface area contributed by atoms with Gasteiger partial charge in [-0.05, 0) is 31.5 Å². The van der Waals surface area contributed by atoms with E-state index < -0.39 is 29.1 Å². The molecule has 1 aromatic rings. The van der Waals surface area contributed by atoms with Crippen molar-refractivity contribution < 1.29 is 22.7 Å². The summed E-state index contributed by atoms with van der Waals surface area (Å²) in [6, 6.07) is 6.18. The number of primary amides is 1. The first-order chi connectivity index (χ1) is 9.99. The first-order valence-electron chi connectivity index (χ1n) is 6.46. The highest BCUT2D eigenvalue weighted by Crippen LogP contribution is 2.40. The number of benzene rings is 1. The molecule has 2 unspecified atom stereocenters. The van der Waals surface area contributed by atoms with Gasteiger partial charge < -0.3 is 16.2 Å². The highest BCUT2D eigenvalue weighted by molar-refractivity contribution is 5.93. The number of hydrogen-bond acceptors (Lipinski definition) is 4. The maximum atomic E-state index is 13.1. The van der Waals surface area contributed by atoms with E-state index in [9.17, 15) is 18.0 Å². The molecule has 0 aromatic heterocycles. The fourth-order valence-corrected chi connectivity index (χ4v) is 2.15. The van der Waals surface area contributed by atoms with E-state index in [4.69, 9.17) is 16.2 Å². The minimum absolute atomic E-state index is 0.233. The van der Waals surface area contributed by atoms with Crippen LogP contribution in [0.15, 0.2) is 29.3 Å². The Balaban J connectivity index is 2.46. The molecule has 0 saturated heterocycles. The van der Waals surface area contributed by atoms with Crippen LogP contribution >= 0.6 is 0 Å². The van der Waals surface area contributed by atoms with Crippen molar-refractivity contribution in [3.63, 3.8) is 0 Å². The Morgan fingerprint density at radius 3 is 2.50 bits per heavy atom. The molecular formula is C14H16F3N3O2. The minimum Gasteiger partial charge on any atom is -0.385 e. The Kier molecular flexibility index (Phi) is 3.68. The zero-order chi connectivity index (χ0) is 16.8. The Labute approximate surface area is 125 Å². The number of nitrogens with zero attached hydrogens (tertiary/aromatic N) is 1. The van der Waals surface area contributed by atoms with Gasteiger partial charge in [-0.1, -0.05) is 12.1 Å². The van der Waals surface area contributed by atoms with E-state index in [1.165, 1.54) is 12.1 Å². The van der Waals surface area contributed by atoms with Gasteiger partial charge in [0.2, 0.25) is 11.5 Å². The van der Waals surface area contributed by atoms with E-state index in [1.54, 1.807) is 19.1 Å². The van der Waals surface area contributed by atoms with Gasteiger partial charge in [0.05, 0.1) is 6.61 Å². The molecule has 8 heteroatoms. The second kappa shape index (κ2) is 4.98. The second-order valence-corrected chi connectivity index (χ2v) is 5.54. The predicted molar refractivity (Wildman–Crippen MR) is 74.3 cm³/mol. The summed E-state index contributed by atoms with van der Waals surface area (Å²) in [4.78, 5) is 15.2. The van der Waals surface area contributed by atoms with Crippen LogP contribution in [0.3, 0.4) is 0 Å². The number of nitrogens with two attached hydrogens (primary N) is 2. The van der Waals surface area contributed by atoms with Crippen LogP contribution in [0.25, 0.3) is 0 Å². The van der Waals surface area contributed by atoms with Crippen molar-refractivity contribution in [2.75, 3.05) is 6.61 Å². The highest BCUT2D eigenvalue weighted by Gasteiger charge is 2.58. The predicted octanol–water partition coefficient (Wildman–Crippen LogP) is 1.71. The lowest BCUT2D eigenvalue weighted by atomic mass is 9.89. The van der Waals surface area contributed by atoms with Crippen LogP contribution in [0.5, 0.6) is 0 Å². The van der Waals surface area contributed by atoms with Gasteiger partial charge in [0.25, 0.3) is 0 Å². The van der Waals surface area contributed by atoms with Crippen molar-refractivity contribution in [2.45, 2.75) is 31.2 Å². The molecule has 0 saturated carbocycles. The summed E-state index contributed by atoms with van der Waals surface area (Å²) in [7, 11) is 0. The SMILES string of the molecule is CC1(c2cccc(C(N)=O)c2)COC(C)(C(F)(F)F)C(N)=N1. The molecule has 4 N–H and O–H groups in total. The van der Waals surface area contributed by atoms with Gasteiger partial charge in [-0.25, -0.2) is 0 Å².